The fraction of sp³-hybridized carbons (Fsp3) is 0.286. The number of rotatable bonds is 4. The molecule has 6 heteroatoms. The summed E-state index contributed by atoms with van der Waals surface area (Å²) in [5.74, 6) is 1.18. The van der Waals surface area contributed by atoms with Gasteiger partial charge in [0, 0.05) is 10.4 Å². The Morgan fingerprint density at radius 3 is 2.35 bits per heavy atom. The molecule has 0 saturated carbocycles. The highest BCUT2D eigenvalue weighted by atomic mass is 79.9. The number of aryl methyl sites for hydroxylation is 1. The summed E-state index contributed by atoms with van der Waals surface area (Å²) in [5, 5.41) is 3.26. The Balaban J connectivity index is 2.52. The van der Waals surface area contributed by atoms with Crippen LogP contribution in [-0.2, 0) is 0 Å². The van der Waals surface area contributed by atoms with E-state index in [1.165, 1.54) is 0 Å². The van der Waals surface area contributed by atoms with Gasteiger partial charge >= 0.3 is 0 Å². The average molecular weight is 396 g/mol. The van der Waals surface area contributed by atoms with Crippen LogP contribution >= 0.6 is 50.5 Å². The Bertz CT molecular complexity index is 628. The van der Waals surface area contributed by atoms with Gasteiger partial charge in [-0.1, -0.05) is 45.2 Å². The molecule has 0 amide bonds. The van der Waals surface area contributed by atoms with E-state index in [-0.39, 0.29) is 4.83 Å². The molecule has 0 N–H and O–H groups in total. The number of thiophene rings is 1. The number of halogens is 3. The molecule has 1 unspecified atom stereocenters. The van der Waals surface area contributed by atoms with Crippen LogP contribution in [0.3, 0.4) is 0 Å². The lowest BCUT2D eigenvalue weighted by molar-refractivity contribution is 0.392. The fourth-order valence-corrected chi connectivity index (χ4v) is 4.55. The van der Waals surface area contributed by atoms with Crippen LogP contribution in [0.2, 0.25) is 10.0 Å². The molecule has 2 aromatic rings. The summed E-state index contributed by atoms with van der Waals surface area (Å²) < 4.78 is 10.6. The van der Waals surface area contributed by atoms with Gasteiger partial charge in [-0.25, -0.2) is 0 Å². The second-order valence-corrected chi connectivity index (χ2v) is 6.75. The number of ether oxygens (including phenoxy) is 2. The minimum absolute atomic E-state index is 0.0768. The normalized spacial score (nSPS) is 12.3. The van der Waals surface area contributed by atoms with Gasteiger partial charge in [-0.05, 0) is 23.9 Å². The Hall–Kier alpha value is -0.420. The van der Waals surface area contributed by atoms with E-state index in [1.54, 1.807) is 25.6 Å². The third kappa shape index (κ3) is 2.80. The zero-order valence-corrected chi connectivity index (χ0v) is 15.1. The van der Waals surface area contributed by atoms with Crippen molar-refractivity contribution in [3.63, 3.8) is 0 Å². The first-order valence-electron chi connectivity index (χ1n) is 5.79. The van der Waals surface area contributed by atoms with E-state index in [2.05, 4.69) is 15.9 Å². The molecule has 1 aromatic heterocycles. The van der Waals surface area contributed by atoms with E-state index >= 15 is 0 Å². The first-order chi connectivity index (χ1) is 9.51. The van der Waals surface area contributed by atoms with Crippen molar-refractivity contribution >= 4 is 50.5 Å². The van der Waals surface area contributed by atoms with Crippen molar-refractivity contribution in [3.05, 3.63) is 43.6 Å². The van der Waals surface area contributed by atoms with Crippen LogP contribution in [-0.4, -0.2) is 14.2 Å². The van der Waals surface area contributed by atoms with Crippen LogP contribution in [0.5, 0.6) is 11.5 Å². The Morgan fingerprint density at radius 2 is 1.85 bits per heavy atom. The van der Waals surface area contributed by atoms with Crippen molar-refractivity contribution in [1.82, 2.24) is 0 Å². The molecular weight excluding hydrogens is 383 g/mol. The lowest BCUT2D eigenvalue weighted by atomic mass is 10.1. The van der Waals surface area contributed by atoms with Gasteiger partial charge in [0.15, 0.2) is 0 Å². The number of hydrogen-bond donors (Lipinski definition) is 0. The zero-order valence-electron chi connectivity index (χ0n) is 11.2. The number of methoxy groups -OCH3 is 2. The van der Waals surface area contributed by atoms with Gasteiger partial charge in [-0.3, -0.25) is 0 Å². The van der Waals surface area contributed by atoms with E-state index in [0.29, 0.717) is 16.5 Å². The van der Waals surface area contributed by atoms with Gasteiger partial charge in [-0.15, -0.1) is 11.3 Å². The van der Waals surface area contributed by atoms with E-state index in [1.807, 2.05) is 24.4 Å². The highest BCUT2D eigenvalue weighted by Crippen LogP contribution is 2.47. The zero-order chi connectivity index (χ0) is 14.9. The van der Waals surface area contributed by atoms with E-state index in [0.717, 1.165) is 21.0 Å². The largest absolute Gasteiger partial charge is 0.495 e. The van der Waals surface area contributed by atoms with Crippen LogP contribution in [0.15, 0.2) is 17.5 Å². The topological polar surface area (TPSA) is 18.5 Å². The minimum Gasteiger partial charge on any atom is -0.495 e. The predicted molar refractivity (Wildman–Crippen MR) is 89.4 cm³/mol. The number of benzene rings is 1. The summed E-state index contributed by atoms with van der Waals surface area (Å²) in [6, 6.07) is 3.75. The quantitative estimate of drug-likeness (QED) is 0.603. The molecule has 0 spiro atoms. The molecule has 20 heavy (non-hydrogen) atoms. The van der Waals surface area contributed by atoms with Gasteiger partial charge in [0.2, 0.25) is 0 Å². The molecule has 0 bridgehead atoms. The van der Waals surface area contributed by atoms with Crippen molar-refractivity contribution in [2.75, 3.05) is 14.2 Å². The van der Waals surface area contributed by atoms with E-state index < -0.39 is 0 Å². The van der Waals surface area contributed by atoms with Crippen LogP contribution in [0.4, 0.5) is 0 Å². The standard InChI is InChI=1S/C14H13BrCl2O2S/c1-7-6-20-14(11(7)16)10(15)8-4-5-9(18-2)12(17)13(8)19-3/h4-6,10H,1-3H3. The van der Waals surface area contributed by atoms with Gasteiger partial charge in [0.1, 0.15) is 16.5 Å². The highest BCUT2D eigenvalue weighted by Gasteiger charge is 2.23. The average Bonchev–Trinajstić information content (AvgIpc) is 2.78. The molecule has 1 heterocycles. The summed E-state index contributed by atoms with van der Waals surface area (Å²) in [4.78, 5) is 0.954. The molecule has 2 nitrogen and oxygen atoms in total. The van der Waals surface area contributed by atoms with Crippen molar-refractivity contribution in [1.29, 1.82) is 0 Å². The van der Waals surface area contributed by atoms with Crippen LogP contribution in [0.1, 0.15) is 20.8 Å². The van der Waals surface area contributed by atoms with Crippen LogP contribution in [0.25, 0.3) is 0 Å². The fourth-order valence-electron chi connectivity index (χ4n) is 1.88. The molecule has 0 saturated heterocycles. The Morgan fingerprint density at radius 1 is 1.15 bits per heavy atom. The molecular formula is C14H13BrCl2O2S. The van der Waals surface area contributed by atoms with Gasteiger partial charge in [-0.2, -0.15) is 0 Å². The second-order valence-electron chi connectivity index (χ2n) is 4.16. The minimum atomic E-state index is -0.0768. The third-order valence-corrected chi connectivity index (χ3v) is 6.34. The molecule has 0 aliphatic rings. The Kier molecular flexibility index (Phi) is 5.24. The van der Waals surface area contributed by atoms with E-state index in [9.17, 15) is 0 Å². The van der Waals surface area contributed by atoms with Crippen molar-refractivity contribution in [2.24, 2.45) is 0 Å². The second kappa shape index (κ2) is 6.56. The lowest BCUT2D eigenvalue weighted by Gasteiger charge is -2.16. The predicted octanol–water partition coefficient (Wildman–Crippen LogP) is 5.86. The first-order valence-corrected chi connectivity index (χ1v) is 8.34. The molecule has 1 aromatic carbocycles. The van der Waals surface area contributed by atoms with E-state index in [4.69, 9.17) is 32.7 Å². The molecule has 0 fully saturated rings. The number of hydrogen-bond acceptors (Lipinski definition) is 3. The first kappa shape index (κ1) is 16.0. The number of alkyl halides is 1. The molecule has 2 rings (SSSR count). The highest BCUT2D eigenvalue weighted by molar-refractivity contribution is 9.09. The molecule has 0 radical (unpaired) electrons. The summed E-state index contributed by atoms with van der Waals surface area (Å²) in [6.07, 6.45) is 0. The molecule has 0 aliphatic heterocycles. The van der Waals surface area contributed by atoms with Gasteiger partial charge in [0.05, 0.1) is 24.1 Å². The third-order valence-electron chi connectivity index (χ3n) is 2.94. The molecule has 108 valence electrons. The van der Waals surface area contributed by atoms with Crippen molar-refractivity contribution in [3.8, 4) is 11.5 Å². The summed E-state index contributed by atoms with van der Waals surface area (Å²) in [6.45, 7) is 1.99. The van der Waals surface area contributed by atoms with Crippen molar-refractivity contribution < 1.29 is 9.47 Å². The smallest absolute Gasteiger partial charge is 0.145 e. The monoisotopic (exact) mass is 394 g/mol. The molecule has 0 aliphatic carbocycles. The summed E-state index contributed by atoms with van der Waals surface area (Å²) in [5.41, 5.74) is 1.98. The summed E-state index contributed by atoms with van der Waals surface area (Å²) >= 11 is 17.9. The van der Waals surface area contributed by atoms with Crippen LogP contribution < -0.4 is 9.47 Å². The maximum absolute atomic E-state index is 6.33. The van der Waals surface area contributed by atoms with Gasteiger partial charge in [0.25, 0.3) is 0 Å². The molecule has 1 atom stereocenters. The van der Waals surface area contributed by atoms with Gasteiger partial charge < -0.3 is 9.47 Å². The lowest BCUT2D eigenvalue weighted by Crippen LogP contribution is -1.98. The maximum Gasteiger partial charge on any atom is 0.145 e. The van der Waals surface area contributed by atoms with Crippen LogP contribution in [0, 0.1) is 6.92 Å². The van der Waals surface area contributed by atoms with Crippen molar-refractivity contribution in [2.45, 2.75) is 11.8 Å². The maximum atomic E-state index is 6.33. The summed E-state index contributed by atoms with van der Waals surface area (Å²) in [7, 11) is 3.16. The Labute approximate surface area is 140 Å². The SMILES string of the molecule is COc1ccc(C(Br)c2scc(C)c2Cl)c(OC)c1Cl.